The topological polar surface area (TPSA) is 83.8 Å². The number of hydrogen-bond donors (Lipinski definition) is 1. The summed E-state index contributed by atoms with van der Waals surface area (Å²) < 4.78 is 43.3. The molecule has 1 amide bonds. The van der Waals surface area contributed by atoms with Crippen molar-refractivity contribution >= 4 is 54.7 Å². The van der Waals surface area contributed by atoms with E-state index in [1.165, 1.54) is 28.0 Å². The maximum Gasteiger partial charge on any atom is 0.255 e. The summed E-state index contributed by atoms with van der Waals surface area (Å²) in [5.74, 6) is -0.572. The van der Waals surface area contributed by atoms with E-state index in [1.807, 2.05) is 12.1 Å². The van der Waals surface area contributed by atoms with Crippen LogP contribution in [-0.4, -0.2) is 37.2 Å². The third-order valence-electron chi connectivity index (χ3n) is 6.35. The number of carbonyl (C=O) groups is 1. The molecule has 0 radical (unpaired) electrons. The van der Waals surface area contributed by atoms with E-state index in [0.717, 1.165) is 34.7 Å². The maximum absolute atomic E-state index is 13.6. The predicted octanol–water partition coefficient (Wildman–Crippen LogP) is 5.76. The van der Waals surface area contributed by atoms with Crippen LogP contribution in [0.1, 0.15) is 40.2 Å². The van der Waals surface area contributed by atoms with Gasteiger partial charge in [0.1, 0.15) is 11.5 Å². The molecule has 0 aliphatic heterocycles. The Morgan fingerprint density at radius 2 is 1.92 bits per heavy atom. The van der Waals surface area contributed by atoms with Gasteiger partial charge in [-0.3, -0.25) is 9.10 Å². The second-order valence-electron chi connectivity index (χ2n) is 9.05. The monoisotopic (exact) mass is 604 g/mol. The zero-order chi connectivity index (χ0) is 26.5. The van der Waals surface area contributed by atoms with E-state index in [9.17, 15) is 17.6 Å². The van der Waals surface area contributed by atoms with Crippen molar-refractivity contribution in [2.45, 2.75) is 25.3 Å². The molecule has 1 fully saturated rings. The second kappa shape index (κ2) is 9.74. The molecule has 11 heteroatoms. The Morgan fingerprint density at radius 3 is 2.51 bits per heavy atom. The molecule has 1 aliphatic carbocycles. The van der Waals surface area contributed by atoms with E-state index in [-0.39, 0.29) is 18.4 Å². The van der Waals surface area contributed by atoms with E-state index in [1.54, 1.807) is 30.5 Å². The smallest absolute Gasteiger partial charge is 0.255 e. The molecular formula is C26H23BrClFN4O3S. The molecular weight excluding hydrogens is 583 g/mol. The summed E-state index contributed by atoms with van der Waals surface area (Å²) in [6, 6.07) is 12.9. The zero-order valence-corrected chi connectivity index (χ0v) is 23.2. The second-order valence-corrected chi connectivity index (χ2v) is 12.2. The number of nitrogens with one attached hydrogen (secondary N) is 1. The predicted molar refractivity (Wildman–Crippen MR) is 146 cm³/mol. The highest BCUT2D eigenvalue weighted by Gasteiger charge is 2.33. The van der Waals surface area contributed by atoms with Crippen molar-refractivity contribution in [3.05, 3.63) is 86.7 Å². The number of aromatic nitrogens is 2. The van der Waals surface area contributed by atoms with Gasteiger partial charge in [-0.15, -0.1) is 0 Å². The fraction of sp³-hybridized carbons (Fsp3) is 0.231. The largest absolute Gasteiger partial charge is 0.355 e. The Hall–Kier alpha value is -2.95. The molecule has 1 saturated carbocycles. The minimum atomic E-state index is -3.70. The molecule has 0 atom stereocenters. The number of fused-ring (bicyclic) bond motifs is 1. The molecule has 4 aromatic rings. The number of anilines is 1. The van der Waals surface area contributed by atoms with Gasteiger partial charge in [0, 0.05) is 17.1 Å². The number of hydrogen-bond acceptors (Lipinski definition) is 4. The van der Waals surface area contributed by atoms with Crippen molar-refractivity contribution in [1.82, 2.24) is 14.9 Å². The van der Waals surface area contributed by atoms with Crippen LogP contribution in [0.2, 0.25) is 5.02 Å². The summed E-state index contributed by atoms with van der Waals surface area (Å²) in [6.45, 7) is 0.0749. The molecule has 192 valence electrons. The van der Waals surface area contributed by atoms with Crippen LogP contribution in [0.5, 0.6) is 0 Å². The summed E-state index contributed by atoms with van der Waals surface area (Å²) in [5, 5.41) is 7.79. The van der Waals surface area contributed by atoms with Gasteiger partial charge in [0.05, 0.1) is 40.8 Å². The zero-order valence-electron chi connectivity index (χ0n) is 20.0. The molecule has 2 aromatic carbocycles. The average Bonchev–Trinajstić information content (AvgIpc) is 3.63. The van der Waals surface area contributed by atoms with Gasteiger partial charge in [0.2, 0.25) is 10.0 Å². The normalized spacial score (nSPS) is 13.6. The van der Waals surface area contributed by atoms with Crippen LogP contribution in [0.25, 0.3) is 16.8 Å². The molecule has 2 aromatic heterocycles. The minimum Gasteiger partial charge on any atom is -0.355 e. The fourth-order valence-electron chi connectivity index (χ4n) is 4.37. The molecule has 0 spiro atoms. The highest BCUT2D eigenvalue weighted by atomic mass is 79.9. The van der Waals surface area contributed by atoms with Crippen LogP contribution >= 0.6 is 27.5 Å². The summed E-state index contributed by atoms with van der Waals surface area (Å²) in [6.07, 6.45) is 4.65. The first-order chi connectivity index (χ1) is 17.6. The number of carbonyl (C=O) groups excluding carboxylic acids is 1. The highest BCUT2D eigenvalue weighted by molar-refractivity contribution is 9.10. The highest BCUT2D eigenvalue weighted by Crippen LogP contribution is 2.46. The first-order valence-corrected chi connectivity index (χ1v) is 14.5. The molecule has 5 rings (SSSR count). The minimum absolute atomic E-state index is 0.0749. The van der Waals surface area contributed by atoms with Gasteiger partial charge in [-0.25, -0.2) is 17.3 Å². The van der Waals surface area contributed by atoms with Crippen LogP contribution in [0.3, 0.4) is 0 Å². The lowest BCUT2D eigenvalue weighted by Gasteiger charge is -2.25. The number of amides is 1. The Balaban J connectivity index is 1.72. The van der Waals surface area contributed by atoms with Crippen LogP contribution in [-0.2, 0) is 16.6 Å². The first kappa shape index (κ1) is 25.7. The molecule has 37 heavy (non-hydrogen) atoms. The Bertz CT molecular complexity index is 1640. The van der Waals surface area contributed by atoms with Crippen molar-refractivity contribution in [3.8, 4) is 11.3 Å². The van der Waals surface area contributed by atoms with Gasteiger partial charge in [-0.05, 0) is 88.3 Å². The number of sulfonamides is 1. The standard InChI is InChI=1S/C26H23BrClFN4O3S/c1-30-26(34)24-22-12-19(16-4-5-16)23(14-32(22)31-25(24)17-6-8-18(29)9-7-17)33(37(2,35)36)13-15-3-10-20(27)21(28)11-15/h3,6-12,14,16H,4-5,13H2,1-2H3,(H,30,34). The molecule has 0 unspecified atom stereocenters. The van der Waals surface area contributed by atoms with E-state index in [0.29, 0.717) is 33.0 Å². The maximum atomic E-state index is 13.6. The number of rotatable bonds is 7. The number of pyridine rings is 1. The third kappa shape index (κ3) is 5.10. The number of halogens is 3. The van der Waals surface area contributed by atoms with Crippen LogP contribution in [0.15, 0.2) is 59.2 Å². The van der Waals surface area contributed by atoms with E-state index in [2.05, 4.69) is 26.3 Å². The van der Waals surface area contributed by atoms with Gasteiger partial charge in [-0.1, -0.05) is 17.7 Å². The van der Waals surface area contributed by atoms with Crippen LogP contribution < -0.4 is 9.62 Å². The lowest BCUT2D eigenvalue weighted by atomic mass is 10.0. The molecule has 1 aliphatic rings. The molecule has 7 nitrogen and oxygen atoms in total. The van der Waals surface area contributed by atoms with Crippen LogP contribution in [0.4, 0.5) is 10.1 Å². The SMILES string of the molecule is CNC(=O)c1c(-c2ccc(F)cc2)nn2cc(N(Cc3ccc(Br)c(Cl)c3)S(C)(=O)=O)c(C3CC3)cc12. The van der Waals surface area contributed by atoms with Crippen molar-refractivity contribution in [1.29, 1.82) is 0 Å². The summed E-state index contributed by atoms with van der Waals surface area (Å²) in [4.78, 5) is 13.0. The summed E-state index contributed by atoms with van der Waals surface area (Å²) >= 11 is 9.64. The van der Waals surface area contributed by atoms with Crippen molar-refractivity contribution in [2.75, 3.05) is 17.6 Å². The molecule has 1 N–H and O–H groups in total. The van der Waals surface area contributed by atoms with E-state index in [4.69, 9.17) is 11.6 Å². The Kier molecular flexibility index (Phi) is 6.76. The van der Waals surface area contributed by atoms with Crippen molar-refractivity contribution in [2.24, 2.45) is 0 Å². The number of nitrogens with zero attached hydrogens (tertiary/aromatic N) is 3. The lowest BCUT2D eigenvalue weighted by molar-refractivity contribution is 0.0965. The molecule has 0 saturated heterocycles. The molecule has 2 heterocycles. The first-order valence-electron chi connectivity index (χ1n) is 11.5. The Morgan fingerprint density at radius 1 is 1.22 bits per heavy atom. The molecule has 0 bridgehead atoms. The van der Waals surface area contributed by atoms with Crippen molar-refractivity contribution < 1.29 is 17.6 Å². The van der Waals surface area contributed by atoms with Crippen LogP contribution in [0, 0.1) is 5.82 Å². The lowest BCUT2D eigenvalue weighted by Crippen LogP contribution is -2.30. The Labute approximate surface area is 227 Å². The third-order valence-corrected chi connectivity index (χ3v) is 8.71. The van der Waals surface area contributed by atoms with Gasteiger partial charge < -0.3 is 5.32 Å². The van der Waals surface area contributed by atoms with Gasteiger partial charge in [0.15, 0.2) is 0 Å². The number of benzene rings is 2. The summed E-state index contributed by atoms with van der Waals surface area (Å²) in [7, 11) is -2.17. The quantitative estimate of drug-likeness (QED) is 0.290. The van der Waals surface area contributed by atoms with Gasteiger partial charge in [0.25, 0.3) is 5.91 Å². The van der Waals surface area contributed by atoms with E-state index < -0.39 is 15.8 Å². The van der Waals surface area contributed by atoms with Gasteiger partial charge >= 0.3 is 0 Å². The summed E-state index contributed by atoms with van der Waals surface area (Å²) in [5.41, 5.74) is 3.88. The van der Waals surface area contributed by atoms with Gasteiger partial charge in [-0.2, -0.15) is 5.10 Å². The van der Waals surface area contributed by atoms with Crippen molar-refractivity contribution in [3.63, 3.8) is 0 Å². The van der Waals surface area contributed by atoms with E-state index >= 15 is 0 Å². The average molecular weight is 606 g/mol. The fourth-order valence-corrected chi connectivity index (χ4v) is 5.71.